The molecule has 0 amide bonds. The van der Waals surface area contributed by atoms with Gasteiger partial charge in [-0.1, -0.05) is 49.4 Å². The van der Waals surface area contributed by atoms with Crippen molar-refractivity contribution in [2.24, 2.45) is 0 Å². The van der Waals surface area contributed by atoms with Crippen LogP contribution in [-0.2, 0) is 19.5 Å². The van der Waals surface area contributed by atoms with E-state index in [1.807, 2.05) is 18.3 Å². The number of nitrogens with zero attached hydrogens (tertiary/aromatic N) is 3. The summed E-state index contributed by atoms with van der Waals surface area (Å²) in [6.07, 6.45) is 16.3. The zero-order chi connectivity index (χ0) is 24.3. The average Bonchev–Trinajstić information content (AvgIpc) is 2.84. The number of likely N-dealkylation sites (tertiary alicyclic amines) is 1. The number of rotatable bonds is 13. The maximum absolute atomic E-state index is 4.36. The van der Waals surface area contributed by atoms with Gasteiger partial charge in [0.25, 0.3) is 0 Å². The molecule has 2 atom stereocenters. The lowest BCUT2D eigenvalue weighted by Gasteiger charge is -2.36. The summed E-state index contributed by atoms with van der Waals surface area (Å²) < 4.78 is 0. The SMILES string of the molecule is C=CCCC(C=C)N(C)Cc1cc(CCC2CCCCN2Cc2ccnc(C)c2)ccc1C=C. The van der Waals surface area contributed by atoms with E-state index >= 15 is 0 Å². The molecule has 0 bridgehead atoms. The molecule has 1 fully saturated rings. The molecule has 0 saturated carbocycles. The van der Waals surface area contributed by atoms with E-state index in [0.29, 0.717) is 12.1 Å². The second-order valence-electron chi connectivity index (χ2n) is 9.79. The van der Waals surface area contributed by atoms with E-state index in [4.69, 9.17) is 0 Å². The molecule has 1 aliphatic heterocycles. The molecule has 182 valence electrons. The molecule has 1 saturated heterocycles. The molecule has 3 nitrogen and oxygen atoms in total. The van der Waals surface area contributed by atoms with Crippen LogP contribution in [0.2, 0.25) is 0 Å². The highest BCUT2D eigenvalue weighted by atomic mass is 15.2. The summed E-state index contributed by atoms with van der Waals surface area (Å²) in [6, 6.07) is 12.3. The Labute approximate surface area is 207 Å². The van der Waals surface area contributed by atoms with Crippen molar-refractivity contribution in [2.45, 2.75) is 77.0 Å². The van der Waals surface area contributed by atoms with Crippen LogP contribution in [0.5, 0.6) is 0 Å². The normalized spacial score (nSPS) is 17.4. The molecule has 2 aromatic rings. The molecular weight excluding hydrogens is 414 g/mol. The standard InChI is InChI=1S/C31H43N3/c1-6-9-12-30(8-3)33(5)24-29-22-26(14-16-28(29)7-2)15-17-31-13-10-11-20-34(31)23-27-18-19-32-25(4)21-27/h6-8,14,16,18-19,21-22,30-31H,1-3,9-13,15,17,20,23-24H2,4-5H3. The molecule has 34 heavy (non-hydrogen) atoms. The van der Waals surface area contributed by atoms with Gasteiger partial charge in [0, 0.05) is 37.1 Å². The van der Waals surface area contributed by atoms with Gasteiger partial charge in [-0.15, -0.1) is 13.2 Å². The van der Waals surface area contributed by atoms with Crippen LogP contribution in [0.1, 0.15) is 66.5 Å². The van der Waals surface area contributed by atoms with Gasteiger partial charge in [0.1, 0.15) is 0 Å². The Hall–Kier alpha value is -2.49. The number of aryl methyl sites for hydroxylation is 2. The minimum absolute atomic E-state index is 0.354. The summed E-state index contributed by atoms with van der Waals surface area (Å²) in [5.41, 5.74) is 6.51. The molecule has 0 radical (unpaired) electrons. The lowest BCUT2D eigenvalue weighted by molar-refractivity contribution is 0.132. The van der Waals surface area contributed by atoms with Crippen molar-refractivity contribution in [3.05, 3.63) is 96.4 Å². The van der Waals surface area contributed by atoms with E-state index in [1.54, 1.807) is 0 Å². The molecule has 0 N–H and O–H groups in total. The summed E-state index contributed by atoms with van der Waals surface area (Å²) in [5.74, 6) is 0. The Balaban J connectivity index is 1.65. The Bertz CT molecular complexity index is 947. The molecule has 3 heteroatoms. The van der Waals surface area contributed by atoms with E-state index in [1.165, 1.54) is 54.5 Å². The summed E-state index contributed by atoms with van der Waals surface area (Å²) in [6.45, 7) is 17.2. The topological polar surface area (TPSA) is 19.4 Å². The van der Waals surface area contributed by atoms with Gasteiger partial charge >= 0.3 is 0 Å². The van der Waals surface area contributed by atoms with Crippen molar-refractivity contribution < 1.29 is 0 Å². The summed E-state index contributed by atoms with van der Waals surface area (Å²) in [4.78, 5) is 9.45. The van der Waals surface area contributed by atoms with Crippen LogP contribution in [0.4, 0.5) is 0 Å². The minimum atomic E-state index is 0.354. The zero-order valence-corrected chi connectivity index (χ0v) is 21.4. The third kappa shape index (κ3) is 7.51. The summed E-state index contributed by atoms with van der Waals surface area (Å²) >= 11 is 0. The second kappa shape index (κ2) is 13.4. The van der Waals surface area contributed by atoms with Crippen LogP contribution in [-0.4, -0.2) is 40.5 Å². The van der Waals surface area contributed by atoms with Gasteiger partial charge in [-0.3, -0.25) is 14.8 Å². The second-order valence-corrected chi connectivity index (χ2v) is 9.79. The first-order chi connectivity index (χ1) is 16.5. The quantitative estimate of drug-likeness (QED) is 0.303. The number of allylic oxidation sites excluding steroid dienone is 1. The molecule has 3 rings (SSSR count). The van der Waals surface area contributed by atoms with E-state index < -0.39 is 0 Å². The fourth-order valence-corrected chi connectivity index (χ4v) is 5.21. The molecular formula is C31H43N3. The van der Waals surface area contributed by atoms with Crippen LogP contribution in [0.3, 0.4) is 0 Å². The van der Waals surface area contributed by atoms with Crippen molar-refractivity contribution in [1.82, 2.24) is 14.8 Å². The smallest absolute Gasteiger partial charge is 0.0375 e. The Morgan fingerprint density at radius 1 is 1.15 bits per heavy atom. The Morgan fingerprint density at radius 2 is 2.00 bits per heavy atom. The maximum atomic E-state index is 4.36. The predicted octanol–water partition coefficient (Wildman–Crippen LogP) is 6.97. The number of benzene rings is 1. The van der Waals surface area contributed by atoms with E-state index in [0.717, 1.165) is 38.0 Å². The summed E-state index contributed by atoms with van der Waals surface area (Å²) in [5, 5.41) is 0. The number of likely N-dealkylation sites (N-methyl/N-ethyl adjacent to an activating group) is 1. The van der Waals surface area contributed by atoms with Crippen LogP contribution in [0, 0.1) is 6.92 Å². The summed E-state index contributed by atoms with van der Waals surface area (Å²) in [7, 11) is 2.19. The lowest BCUT2D eigenvalue weighted by Crippen LogP contribution is -2.39. The van der Waals surface area contributed by atoms with Crippen LogP contribution in [0.15, 0.2) is 68.4 Å². The fourth-order valence-electron chi connectivity index (χ4n) is 5.21. The molecule has 0 spiro atoms. The number of pyridine rings is 1. The molecule has 2 unspecified atom stereocenters. The van der Waals surface area contributed by atoms with Crippen molar-refractivity contribution in [2.75, 3.05) is 13.6 Å². The fraction of sp³-hybridized carbons (Fsp3) is 0.452. The Kier molecular flexibility index (Phi) is 10.3. The van der Waals surface area contributed by atoms with E-state index in [9.17, 15) is 0 Å². The molecule has 2 heterocycles. The van der Waals surface area contributed by atoms with Crippen LogP contribution in [0.25, 0.3) is 6.08 Å². The first kappa shape index (κ1) is 26.1. The van der Waals surface area contributed by atoms with Gasteiger partial charge in [-0.2, -0.15) is 0 Å². The van der Waals surface area contributed by atoms with Gasteiger partial charge in [-0.25, -0.2) is 0 Å². The highest BCUT2D eigenvalue weighted by Crippen LogP contribution is 2.25. The van der Waals surface area contributed by atoms with Gasteiger partial charge in [-0.05, 0) is 93.4 Å². The van der Waals surface area contributed by atoms with Crippen molar-refractivity contribution >= 4 is 6.08 Å². The van der Waals surface area contributed by atoms with Crippen molar-refractivity contribution in [1.29, 1.82) is 0 Å². The van der Waals surface area contributed by atoms with E-state index in [2.05, 4.69) is 84.9 Å². The third-order valence-corrected chi connectivity index (χ3v) is 7.21. The van der Waals surface area contributed by atoms with Crippen molar-refractivity contribution in [3.63, 3.8) is 0 Å². The van der Waals surface area contributed by atoms with Crippen molar-refractivity contribution in [3.8, 4) is 0 Å². The Morgan fingerprint density at radius 3 is 2.74 bits per heavy atom. The van der Waals surface area contributed by atoms with E-state index in [-0.39, 0.29) is 0 Å². The van der Waals surface area contributed by atoms with Gasteiger partial charge in [0.15, 0.2) is 0 Å². The minimum Gasteiger partial charge on any atom is -0.296 e. The number of aromatic nitrogens is 1. The first-order valence-electron chi connectivity index (χ1n) is 12.9. The maximum Gasteiger partial charge on any atom is 0.0375 e. The highest BCUT2D eigenvalue weighted by molar-refractivity contribution is 5.53. The van der Waals surface area contributed by atoms with Gasteiger partial charge < -0.3 is 0 Å². The van der Waals surface area contributed by atoms with Gasteiger partial charge in [0.05, 0.1) is 0 Å². The average molecular weight is 458 g/mol. The number of piperidine rings is 1. The van der Waals surface area contributed by atoms with Gasteiger partial charge in [0.2, 0.25) is 0 Å². The molecule has 1 aromatic carbocycles. The molecule has 0 aliphatic carbocycles. The first-order valence-corrected chi connectivity index (χ1v) is 12.9. The van der Waals surface area contributed by atoms with Crippen LogP contribution >= 0.6 is 0 Å². The number of hydrogen-bond acceptors (Lipinski definition) is 3. The largest absolute Gasteiger partial charge is 0.296 e. The predicted molar refractivity (Wildman–Crippen MR) is 147 cm³/mol. The molecule has 1 aliphatic rings. The zero-order valence-electron chi connectivity index (χ0n) is 21.4. The molecule has 1 aromatic heterocycles. The third-order valence-electron chi connectivity index (χ3n) is 7.21. The monoisotopic (exact) mass is 457 g/mol. The lowest BCUT2D eigenvalue weighted by atomic mass is 9.93. The highest BCUT2D eigenvalue weighted by Gasteiger charge is 2.22. The number of hydrogen-bond donors (Lipinski definition) is 0. The van der Waals surface area contributed by atoms with Crippen LogP contribution < -0.4 is 0 Å².